The van der Waals surface area contributed by atoms with Crippen molar-refractivity contribution >= 4 is 21.4 Å². The summed E-state index contributed by atoms with van der Waals surface area (Å²) >= 11 is 0. The number of nitrogens with one attached hydrogen (secondary N) is 1. The maximum atomic E-state index is 12.0. The molecule has 0 amide bonds. The summed E-state index contributed by atoms with van der Waals surface area (Å²) in [6, 6.07) is 4.66. The lowest BCUT2D eigenvalue weighted by atomic mass is 10.1. The first kappa shape index (κ1) is 15.7. The molecule has 7 heteroatoms. The van der Waals surface area contributed by atoms with Crippen molar-refractivity contribution in [2.24, 2.45) is 0 Å². The van der Waals surface area contributed by atoms with Gasteiger partial charge in [0.05, 0.1) is 11.3 Å². The fourth-order valence-corrected chi connectivity index (χ4v) is 2.85. The van der Waals surface area contributed by atoms with E-state index in [4.69, 9.17) is 5.73 Å². The third-order valence-corrected chi connectivity index (χ3v) is 4.02. The number of nitrogen functional groups attached to an aromatic ring is 1. The molecule has 19 heavy (non-hydrogen) atoms. The van der Waals surface area contributed by atoms with Gasteiger partial charge in [-0.25, -0.2) is 13.1 Å². The minimum Gasteiger partial charge on any atom is -0.399 e. The second kappa shape index (κ2) is 5.36. The summed E-state index contributed by atoms with van der Waals surface area (Å²) in [5.74, 6) is 0. The van der Waals surface area contributed by atoms with E-state index in [1.54, 1.807) is 37.9 Å². The monoisotopic (exact) mass is 287 g/mol. The Morgan fingerprint density at radius 3 is 2.47 bits per heavy atom. The standard InChI is InChI=1S/C12H21N3O3S/c1-12(2,16)8-15(4)10-6-5-9(13)7-11(10)19(17,18)14-3/h5-7,14,16H,8,13H2,1-4H3. The van der Waals surface area contributed by atoms with Gasteiger partial charge in [-0.2, -0.15) is 0 Å². The molecule has 1 aromatic rings. The third kappa shape index (κ3) is 4.09. The number of hydrogen-bond donors (Lipinski definition) is 3. The predicted molar refractivity (Wildman–Crippen MR) is 76.7 cm³/mol. The molecule has 0 heterocycles. The Kier molecular flexibility index (Phi) is 4.44. The highest BCUT2D eigenvalue weighted by atomic mass is 32.2. The van der Waals surface area contributed by atoms with Crippen LogP contribution in [0.15, 0.2) is 23.1 Å². The topological polar surface area (TPSA) is 95.7 Å². The van der Waals surface area contributed by atoms with Gasteiger partial charge in [0.15, 0.2) is 0 Å². The minimum atomic E-state index is -3.61. The molecule has 0 aliphatic heterocycles. The first-order chi connectivity index (χ1) is 8.57. The zero-order valence-electron chi connectivity index (χ0n) is 11.6. The molecule has 108 valence electrons. The van der Waals surface area contributed by atoms with Crippen molar-refractivity contribution < 1.29 is 13.5 Å². The van der Waals surface area contributed by atoms with Gasteiger partial charge in [0.25, 0.3) is 0 Å². The van der Waals surface area contributed by atoms with Crippen LogP contribution in [0, 0.1) is 0 Å². The van der Waals surface area contributed by atoms with Crippen molar-refractivity contribution in [2.45, 2.75) is 24.3 Å². The fraction of sp³-hybridized carbons (Fsp3) is 0.500. The van der Waals surface area contributed by atoms with Crippen molar-refractivity contribution in [1.29, 1.82) is 0 Å². The van der Waals surface area contributed by atoms with Crippen molar-refractivity contribution in [1.82, 2.24) is 4.72 Å². The minimum absolute atomic E-state index is 0.0988. The van der Waals surface area contributed by atoms with Crippen LogP contribution in [0.25, 0.3) is 0 Å². The molecule has 0 saturated carbocycles. The van der Waals surface area contributed by atoms with Crippen LogP contribution in [0.3, 0.4) is 0 Å². The molecule has 6 nitrogen and oxygen atoms in total. The molecule has 0 saturated heterocycles. The Morgan fingerprint density at radius 1 is 1.42 bits per heavy atom. The van der Waals surface area contributed by atoms with Crippen molar-refractivity contribution in [3.8, 4) is 0 Å². The van der Waals surface area contributed by atoms with Gasteiger partial charge in [-0.15, -0.1) is 0 Å². The van der Waals surface area contributed by atoms with Crippen molar-refractivity contribution in [3.63, 3.8) is 0 Å². The molecule has 0 aromatic heterocycles. The van der Waals surface area contributed by atoms with Crippen LogP contribution >= 0.6 is 0 Å². The van der Waals surface area contributed by atoms with E-state index in [1.165, 1.54) is 13.1 Å². The second-order valence-electron chi connectivity index (χ2n) is 5.10. The van der Waals surface area contributed by atoms with Crippen LogP contribution in [0.1, 0.15) is 13.8 Å². The smallest absolute Gasteiger partial charge is 0.242 e. The lowest BCUT2D eigenvalue weighted by Gasteiger charge is -2.28. The summed E-state index contributed by atoms with van der Waals surface area (Å²) in [4.78, 5) is 1.78. The van der Waals surface area contributed by atoms with Crippen LogP contribution in [-0.4, -0.2) is 39.8 Å². The summed E-state index contributed by atoms with van der Waals surface area (Å²) in [5.41, 5.74) is 5.57. The molecule has 0 bridgehead atoms. The normalized spacial score (nSPS) is 12.5. The number of hydrogen-bond acceptors (Lipinski definition) is 5. The number of nitrogens with two attached hydrogens (primary N) is 1. The second-order valence-corrected chi connectivity index (χ2v) is 6.96. The molecule has 0 atom stereocenters. The molecular formula is C12H21N3O3S. The fourth-order valence-electron chi connectivity index (χ4n) is 1.84. The van der Waals surface area contributed by atoms with Crippen LogP contribution in [0.5, 0.6) is 0 Å². The summed E-state index contributed by atoms with van der Waals surface area (Å²) < 4.78 is 26.2. The Hall–Kier alpha value is -1.31. The average molecular weight is 287 g/mol. The highest BCUT2D eigenvalue weighted by molar-refractivity contribution is 7.89. The van der Waals surface area contributed by atoms with Crippen molar-refractivity contribution in [2.75, 3.05) is 31.3 Å². The maximum Gasteiger partial charge on any atom is 0.242 e. The first-order valence-electron chi connectivity index (χ1n) is 5.83. The molecule has 1 rings (SSSR count). The highest BCUT2D eigenvalue weighted by Crippen LogP contribution is 2.27. The van der Waals surface area contributed by atoms with Gasteiger partial charge >= 0.3 is 0 Å². The number of sulfonamides is 1. The van der Waals surface area contributed by atoms with E-state index in [9.17, 15) is 13.5 Å². The number of likely N-dealkylation sites (N-methyl/N-ethyl adjacent to an activating group) is 1. The Balaban J connectivity index is 3.29. The van der Waals surface area contributed by atoms with E-state index in [0.29, 0.717) is 17.9 Å². The van der Waals surface area contributed by atoms with Gasteiger partial charge in [-0.05, 0) is 39.1 Å². The first-order valence-corrected chi connectivity index (χ1v) is 7.32. The molecule has 0 fully saturated rings. The quantitative estimate of drug-likeness (QED) is 0.681. The molecule has 0 aliphatic carbocycles. The molecule has 4 N–H and O–H groups in total. The van der Waals surface area contributed by atoms with Crippen LogP contribution in [0.4, 0.5) is 11.4 Å². The maximum absolute atomic E-state index is 12.0. The van der Waals surface area contributed by atoms with E-state index < -0.39 is 15.6 Å². The van der Waals surface area contributed by atoms with Gasteiger partial charge < -0.3 is 15.7 Å². The van der Waals surface area contributed by atoms with E-state index in [1.807, 2.05) is 0 Å². The molecule has 0 spiro atoms. The summed E-state index contributed by atoms with van der Waals surface area (Å²) in [6.45, 7) is 3.61. The van der Waals surface area contributed by atoms with Crippen LogP contribution < -0.4 is 15.4 Å². The summed E-state index contributed by atoms with van der Waals surface area (Å²) in [5, 5.41) is 9.82. The van der Waals surface area contributed by atoms with Gasteiger partial charge in [-0.1, -0.05) is 0 Å². The Labute approximate surface area is 114 Å². The van der Waals surface area contributed by atoms with Crippen molar-refractivity contribution in [3.05, 3.63) is 18.2 Å². The number of aliphatic hydroxyl groups is 1. The van der Waals surface area contributed by atoms with E-state index >= 15 is 0 Å². The lowest BCUT2D eigenvalue weighted by molar-refractivity contribution is 0.0885. The van der Waals surface area contributed by atoms with E-state index in [0.717, 1.165) is 0 Å². The predicted octanol–water partition coefficient (Wildman–Crippen LogP) is 0.384. The number of rotatable bonds is 5. The summed E-state index contributed by atoms with van der Waals surface area (Å²) in [7, 11) is -0.539. The average Bonchev–Trinajstić information content (AvgIpc) is 2.26. The zero-order valence-corrected chi connectivity index (χ0v) is 12.5. The molecule has 0 unspecified atom stereocenters. The number of nitrogens with zero attached hydrogens (tertiary/aromatic N) is 1. The molecular weight excluding hydrogens is 266 g/mol. The van der Waals surface area contributed by atoms with Gasteiger partial charge in [0.1, 0.15) is 4.90 Å². The van der Waals surface area contributed by atoms with E-state index in [-0.39, 0.29) is 4.90 Å². The van der Waals surface area contributed by atoms with Gasteiger partial charge in [0.2, 0.25) is 10.0 Å². The lowest BCUT2D eigenvalue weighted by Crippen LogP contribution is -2.37. The zero-order chi connectivity index (χ0) is 14.8. The van der Waals surface area contributed by atoms with E-state index in [2.05, 4.69) is 4.72 Å². The SMILES string of the molecule is CNS(=O)(=O)c1cc(N)ccc1N(C)CC(C)(C)O. The Morgan fingerprint density at radius 2 is 2.00 bits per heavy atom. The van der Waals surface area contributed by atoms with Gasteiger partial charge in [0, 0.05) is 19.3 Å². The van der Waals surface area contributed by atoms with Crippen LogP contribution in [0.2, 0.25) is 0 Å². The molecule has 0 aliphatic rings. The highest BCUT2D eigenvalue weighted by Gasteiger charge is 2.22. The molecule has 0 radical (unpaired) electrons. The van der Waals surface area contributed by atoms with Crippen LogP contribution in [-0.2, 0) is 10.0 Å². The van der Waals surface area contributed by atoms with Gasteiger partial charge in [-0.3, -0.25) is 0 Å². The summed E-state index contributed by atoms with van der Waals surface area (Å²) in [6.07, 6.45) is 0. The third-order valence-electron chi connectivity index (χ3n) is 2.58. The molecule has 1 aromatic carbocycles. The number of anilines is 2. The Bertz CT molecular complexity index is 550. The largest absolute Gasteiger partial charge is 0.399 e. The number of benzene rings is 1.